The maximum absolute atomic E-state index is 12.2. The molecule has 0 spiro atoms. The van der Waals surface area contributed by atoms with Crippen molar-refractivity contribution in [1.29, 1.82) is 0 Å². The lowest BCUT2D eigenvalue weighted by molar-refractivity contribution is 0.0945. The van der Waals surface area contributed by atoms with Crippen LogP contribution in [0.2, 0.25) is 0 Å². The number of nitrogens with zero attached hydrogens (tertiary/aromatic N) is 2. The Hall–Kier alpha value is -1.96. The predicted molar refractivity (Wildman–Crippen MR) is 100 cm³/mol. The van der Waals surface area contributed by atoms with E-state index < -0.39 is 0 Å². The summed E-state index contributed by atoms with van der Waals surface area (Å²) in [7, 11) is 0. The van der Waals surface area contributed by atoms with E-state index in [0.29, 0.717) is 12.5 Å². The van der Waals surface area contributed by atoms with Gasteiger partial charge in [0.1, 0.15) is 0 Å². The van der Waals surface area contributed by atoms with Crippen molar-refractivity contribution in [2.24, 2.45) is 0 Å². The molecule has 1 amide bonds. The highest BCUT2D eigenvalue weighted by molar-refractivity contribution is 14.1. The minimum Gasteiger partial charge on any atom is -0.357 e. The fourth-order valence-corrected chi connectivity index (χ4v) is 4.37. The van der Waals surface area contributed by atoms with Gasteiger partial charge in [0.2, 0.25) is 0 Å². The van der Waals surface area contributed by atoms with Crippen LogP contribution in [0.4, 0.5) is 0 Å². The van der Waals surface area contributed by atoms with Gasteiger partial charge in [-0.25, -0.2) is 0 Å². The molecule has 4 heterocycles. The number of amides is 1. The molecule has 1 fully saturated rings. The highest BCUT2D eigenvalue weighted by atomic mass is 127. The third-order valence-corrected chi connectivity index (χ3v) is 5.85. The van der Waals surface area contributed by atoms with Gasteiger partial charge in [-0.1, -0.05) is 0 Å². The Morgan fingerprint density at radius 2 is 2.08 bits per heavy atom. The molecular formula is C18H15IN4O. The molecule has 1 aliphatic carbocycles. The second-order valence-corrected chi connectivity index (χ2v) is 7.49. The Kier molecular flexibility index (Phi) is 3.16. The molecule has 3 aromatic heterocycles. The molecule has 1 saturated carbocycles. The van der Waals surface area contributed by atoms with Crippen LogP contribution < -0.4 is 5.32 Å². The largest absolute Gasteiger partial charge is 0.357 e. The Balaban J connectivity index is 1.74. The van der Waals surface area contributed by atoms with Crippen LogP contribution in [0.25, 0.3) is 22.3 Å². The highest BCUT2D eigenvalue weighted by Crippen LogP contribution is 2.40. The van der Waals surface area contributed by atoms with Gasteiger partial charge in [0.25, 0.3) is 5.91 Å². The van der Waals surface area contributed by atoms with Crippen molar-refractivity contribution in [3.8, 4) is 11.3 Å². The SMILES string of the molecule is O=C1NCCc2[nH]c(-c3ccnc4ccc(C5CC5)nc34)c(I)c21. The van der Waals surface area contributed by atoms with Crippen molar-refractivity contribution in [3.63, 3.8) is 0 Å². The van der Waals surface area contributed by atoms with Gasteiger partial charge in [0, 0.05) is 42.0 Å². The van der Waals surface area contributed by atoms with E-state index in [4.69, 9.17) is 4.98 Å². The Morgan fingerprint density at radius 1 is 1.21 bits per heavy atom. The Bertz CT molecular complexity index is 990. The number of pyridine rings is 2. The van der Waals surface area contributed by atoms with Gasteiger partial charge in [-0.05, 0) is 53.6 Å². The zero-order chi connectivity index (χ0) is 16.3. The second kappa shape index (κ2) is 5.27. The summed E-state index contributed by atoms with van der Waals surface area (Å²) >= 11 is 2.26. The van der Waals surface area contributed by atoms with Gasteiger partial charge in [-0.3, -0.25) is 14.8 Å². The van der Waals surface area contributed by atoms with E-state index in [1.54, 1.807) is 0 Å². The van der Waals surface area contributed by atoms with Crippen LogP contribution in [0, 0.1) is 3.57 Å². The predicted octanol–water partition coefficient (Wildman–Crippen LogP) is 3.39. The van der Waals surface area contributed by atoms with Gasteiger partial charge >= 0.3 is 0 Å². The van der Waals surface area contributed by atoms with Gasteiger partial charge in [0.05, 0.1) is 25.9 Å². The maximum Gasteiger partial charge on any atom is 0.254 e. The Morgan fingerprint density at radius 3 is 2.88 bits per heavy atom. The number of hydrogen-bond donors (Lipinski definition) is 2. The zero-order valence-electron chi connectivity index (χ0n) is 12.9. The fraction of sp³-hybridized carbons (Fsp3) is 0.278. The third kappa shape index (κ3) is 2.16. The number of nitrogens with one attached hydrogen (secondary N) is 2. The summed E-state index contributed by atoms with van der Waals surface area (Å²) in [6.07, 6.45) is 5.10. The number of hydrogen-bond acceptors (Lipinski definition) is 3. The molecule has 5 nitrogen and oxygen atoms in total. The summed E-state index contributed by atoms with van der Waals surface area (Å²) in [5.74, 6) is 0.609. The number of aromatic nitrogens is 3. The minimum absolute atomic E-state index is 0.00754. The first kappa shape index (κ1) is 14.4. The minimum atomic E-state index is 0.00754. The first-order chi connectivity index (χ1) is 11.7. The molecule has 5 rings (SSSR count). The summed E-state index contributed by atoms with van der Waals surface area (Å²) < 4.78 is 0.964. The van der Waals surface area contributed by atoms with Crippen LogP contribution in [0.5, 0.6) is 0 Å². The molecule has 0 saturated heterocycles. The number of halogens is 1. The fourth-order valence-electron chi connectivity index (χ4n) is 3.37. The average Bonchev–Trinajstić information content (AvgIpc) is 3.38. The second-order valence-electron chi connectivity index (χ2n) is 6.41. The van der Waals surface area contributed by atoms with E-state index in [1.165, 1.54) is 12.8 Å². The van der Waals surface area contributed by atoms with Crippen LogP contribution >= 0.6 is 22.6 Å². The van der Waals surface area contributed by atoms with Crippen molar-refractivity contribution in [2.45, 2.75) is 25.2 Å². The smallest absolute Gasteiger partial charge is 0.254 e. The summed E-state index contributed by atoms with van der Waals surface area (Å²) in [4.78, 5) is 25.0. The molecule has 2 N–H and O–H groups in total. The van der Waals surface area contributed by atoms with Crippen LogP contribution in [-0.4, -0.2) is 27.4 Å². The number of carbonyl (C=O) groups is 1. The van der Waals surface area contributed by atoms with Gasteiger partial charge in [0.15, 0.2) is 0 Å². The first-order valence-corrected chi connectivity index (χ1v) is 9.25. The summed E-state index contributed by atoms with van der Waals surface area (Å²) in [6, 6.07) is 6.14. The van der Waals surface area contributed by atoms with E-state index >= 15 is 0 Å². The van der Waals surface area contributed by atoms with Crippen LogP contribution in [0.1, 0.15) is 40.5 Å². The van der Waals surface area contributed by atoms with Gasteiger partial charge < -0.3 is 10.3 Å². The summed E-state index contributed by atoms with van der Waals surface area (Å²) in [6.45, 7) is 0.684. The zero-order valence-corrected chi connectivity index (χ0v) is 15.1. The average molecular weight is 430 g/mol. The molecule has 2 aliphatic rings. The number of fused-ring (bicyclic) bond motifs is 2. The standard InChI is InChI=1S/C18H15IN4O/c19-15-14-12(6-8-21-18(14)24)23-17(15)10-5-7-20-13-4-3-11(9-1-2-9)22-16(10)13/h3-5,7,9,23H,1-2,6,8H2,(H,21,24). The van der Waals surface area contributed by atoms with Crippen LogP contribution in [0.3, 0.4) is 0 Å². The molecule has 0 radical (unpaired) electrons. The maximum atomic E-state index is 12.2. The number of aromatic amines is 1. The molecule has 0 bridgehead atoms. The van der Waals surface area contributed by atoms with Crippen molar-refractivity contribution < 1.29 is 4.79 Å². The van der Waals surface area contributed by atoms with Crippen molar-refractivity contribution in [2.75, 3.05) is 6.54 Å². The van der Waals surface area contributed by atoms with E-state index in [0.717, 1.165) is 49.2 Å². The lowest BCUT2D eigenvalue weighted by Crippen LogP contribution is -2.31. The van der Waals surface area contributed by atoms with Gasteiger partial charge in [-0.15, -0.1) is 0 Å². The summed E-state index contributed by atoms with van der Waals surface area (Å²) in [5, 5.41) is 2.92. The topological polar surface area (TPSA) is 70.7 Å². The quantitative estimate of drug-likeness (QED) is 0.613. The van der Waals surface area contributed by atoms with Crippen molar-refractivity contribution in [3.05, 3.63) is 44.9 Å². The molecule has 6 heteroatoms. The van der Waals surface area contributed by atoms with Crippen LogP contribution in [-0.2, 0) is 6.42 Å². The molecule has 0 atom stereocenters. The lowest BCUT2D eigenvalue weighted by Gasteiger charge is -2.11. The molecule has 3 aromatic rings. The van der Waals surface area contributed by atoms with Crippen molar-refractivity contribution >= 4 is 39.5 Å². The normalized spacial score (nSPS) is 17.0. The lowest BCUT2D eigenvalue weighted by atomic mass is 10.1. The van der Waals surface area contributed by atoms with Crippen molar-refractivity contribution in [1.82, 2.24) is 20.3 Å². The Labute approximate surface area is 152 Å². The van der Waals surface area contributed by atoms with Crippen LogP contribution in [0.15, 0.2) is 24.4 Å². The third-order valence-electron chi connectivity index (χ3n) is 4.77. The molecule has 0 aromatic carbocycles. The molecule has 120 valence electrons. The van der Waals surface area contributed by atoms with E-state index in [-0.39, 0.29) is 5.91 Å². The summed E-state index contributed by atoms with van der Waals surface area (Å²) in [5.41, 5.74) is 6.76. The van der Waals surface area contributed by atoms with E-state index in [2.05, 4.69) is 50.0 Å². The molecular weight excluding hydrogens is 415 g/mol. The monoisotopic (exact) mass is 430 g/mol. The molecule has 1 aliphatic heterocycles. The van der Waals surface area contributed by atoms with Gasteiger partial charge in [-0.2, -0.15) is 0 Å². The van der Waals surface area contributed by atoms with E-state index in [9.17, 15) is 4.79 Å². The molecule has 0 unspecified atom stereocenters. The molecule has 24 heavy (non-hydrogen) atoms. The highest BCUT2D eigenvalue weighted by Gasteiger charge is 2.28. The number of carbonyl (C=O) groups excluding carboxylic acids is 1. The van der Waals surface area contributed by atoms with E-state index in [1.807, 2.05) is 12.3 Å². The first-order valence-electron chi connectivity index (χ1n) is 8.17. The number of H-pyrrole nitrogens is 1. The number of rotatable bonds is 2.